The van der Waals surface area contributed by atoms with Gasteiger partial charge in [0.15, 0.2) is 0 Å². The van der Waals surface area contributed by atoms with Crippen LogP contribution in [0.4, 0.5) is 0 Å². The van der Waals surface area contributed by atoms with E-state index in [1.165, 1.54) is 0 Å². The number of hydrogen-bond acceptors (Lipinski definition) is 2. The van der Waals surface area contributed by atoms with Crippen molar-refractivity contribution in [3.8, 4) is 0 Å². The Morgan fingerprint density at radius 1 is 1.35 bits per heavy atom. The highest BCUT2D eigenvalue weighted by Gasteiger charge is 2.21. The lowest BCUT2D eigenvalue weighted by Crippen LogP contribution is -2.46. The summed E-state index contributed by atoms with van der Waals surface area (Å²) in [5.74, 6) is -0.312. The van der Waals surface area contributed by atoms with Crippen LogP contribution in [0.5, 0.6) is 0 Å². The highest BCUT2D eigenvalue weighted by molar-refractivity contribution is 14.1. The number of benzene rings is 1. The van der Waals surface area contributed by atoms with Crippen LogP contribution < -0.4 is 5.32 Å². The molecule has 0 saturated heterocycles. The van der Waals surface area contributed by atoms with Gasteiger partial charge in [0.2, 0.25) is 5.91 Å². The Labute approximate surface area is 141 Å². The molecule has 0 aliphatic rings. The topological polar surface area (TPSA) is 49.4 Å². The molecule has 0 radical (unpaired) electrons. The van der Waals surface area contributed by atoms with E-state index >= 15 is 0 Å². The highest BCUT2D eigenvalue weighted by Crippen LogP contribution is 2.19. The zero-order valence-electron chi connectivity index (χ0n) is 11.7. The molecule has 0 heterocycles. The molecule has 2 amide bonds. The van der Waals surface area contributed by atoms with Gasteiger partial charge in [-0.2, -0.15) is 0 Å². The van der Waals surface area contributed by atoms with Crippen LogP contribution in [0.15, 0.2) is 22.7 Å². The van der Waals surface area contributed by atoms with Crippen molar-refractivity contribution in [2.24, 2.45) is 0 Å². The first-order chi connectivity index (χ1) is 9.40. The van der Waals surface area contributed by atoms with Crippen LogP contribution in [0.25, 0.3) is 0 Å². The zero-order valence-corrected chi connectivity index (χ0v) is 15.5. The average Bonchev–Trinajstić information content (AvgIpc) is 2.42. The van der Waals surface area contributed by atoms with Gasteiger partial charge in [0, 0.05) is 21.1 Å². The molecule has 20 heavy (non-hydrogen) atoms. The van der Waals surface area contributed by atoms with Crippen molar-refractivity contribution >= 4 is 50.3 Å². The Balaban J connectivity index is 2.80. The van der Waals surface area contributed by atoms with Gasteiger partial charge in [-0.05, 0) is 77.5 Å². The monoisotopic (exact) mass is 452 g/mol. The molecule has 0 bridgehead atoms. The van der Waals surface area contributed by atoms with E-state index in [-0.39, 0.29) is 11.8 Å². The van der Waals surface area contributed by atoms with Crippen molar-refractivity contribution in [1.29, 1.82) is 0 Å². The van der Waals surface area contributed by atoms with E-state index in [1.54, 1.807) is 17.9 Å². The number of halogens is 2. The van der Waals surface area contributed by atoms with Crippen LogP contribution in [0, 0.1) is 3.57 Å². The van der Waals surface area contributed by atoms with Crippen molar-refractivity contribution in [3.05, 3.63) is 31.8 Å². The summed E-state index contributed by atoms with van der Waals surface area (Å²) in [6, 6.07) is 4.99. The second kappa shape index (κ2) is 7.97. The molecule has 0 fully saturated rings. The number of rotatable bonds is 5. The number of nitrogens with one attached hydrogen (secondary N) is 1. The standard InChI is InChI=1S/C14H18BrIN2O2/c1-4-18(5-2)14(20)9(3)17-13(19)11-8-10(16)6-7-12(11)15/h6-9H,4-5H2,1-3H3,(H,17,19). The van der Waals surface area contributed by atoms with Crippen molar-refractivity contribution in [2.45, 2.75) is 26.8 Å². The molecule has 1 aromatic rings. The lowest BCUT2D eigenvalue weighted by atomic mass is 10.2. The maximum atomic E-state index is 12.2. The number of nitrogens with zero attached hydrogens (tertiary/aromatic N) is 1. The van der Waals surface area contributed by atoms with E-state index < -0.39 is 6.04 Å². The van der Waals surface area contributed by atoms with Gasteiger partial charge in [-0.25, -0.2) is 0 Å². The number of carbonyl (C=O) groups excluding carboxylic acids is 2. The molecule has 0 aromatic heterocycles. The predicted octanol–water partition coefficient (Wildman–Crippen LogP) is 3.04. The summed E-state index contributed by atoms with van der Waals surface area (Å²) in [7, 11) is 0. The smallest absolute Gasteiger partial charge is 0.253 e. The SMILES string of the molecule is CCN(CC)C(=O)C(C)NC(=O)c1cc(I)ccc1Br. The quantitative estimate of drug-likeness (QED) is 0.698. The van der Waals surface area contributed by atoms with Crippen molar-refractivity contribution < 1.29 is 9.59 Å². The summed E-state index contributed by atoms with van der Waals surface area (Å²) in [6.07, 6.45) is 0. The fraction of sp³-hybridized carbons (Fsp3) is 0.429. The summed E-state index contributed by atoms with van der Waals surface area (Å²) >= 11 is 5.50. The molecular weight excluding hydrogens is 435 g/mol. The van der Waals surface area contributed by atoms with E-state index in [0.717, 1.165) is 8.04 Å². The second-order valence-corrected chi connectivity index (χ2v) is 6.43. The van der Waals surface area contributed by atoms with E-state index in [2.05, 4.69) is 43.8 Å². The maximum absolute atomic E-state index is 12.2. The molecule has 0 spiro atoms. The second-order valence-electron chi connectivity index (χ2n) is 4.33. The van der Waals surface area contributed by atoms with Gasteiger partial charge in [0.05, 0.1) is 5.56 Å². The van der Waals surface area contributed by atoms with Crippen LogP contribution in [0.3, 0.4) is 0 Å². The zero-order chi connectivity index (χ0) is 15.3. The largest absolute Gasteiger partial charge is 0.341 e. The number of likely N-dealkylation sites (N-methyl/N-ethyl adjacent to an activating group) is 1. The Bertz CT molecular complexity index is 504. The fourth-order valence-corrected chi connectivity index (χ4v) is 2.73. The normalized spacial score (nSPS) is 11.8. The minimum Gasteiger partial charge on any atom is -0.341 e. The molecular formula is C14H18BrIN2O2. The maximum Gasteiger partial charge on any atom is 0.253 e. The number of hydrogen-bond donors (Lipinski definition) is 1. The van der Waals surface area contributed by atoms with Crippen molar-refractivity contribution in [3.63, 3.8) is 0 Å². The van der Waals surface area contributed by atoms with E-state index in [9.17, 15) is 9.59 Å². The van der Waals surface area contributed by atoms with Crippen LogP contribution in [0.2, 0.25) is 0 Å². The molecule has 0 aliphatic heterocycles. The molecule has 1 aromatic carbocycles. The molecule has 1 rings (SSSR count). The fourth-order valence-electron chi connectivity index (χ4n) is 1.82. The first-order valence-corrected chi connectivity index (χ1v) is 8.32. The molecule has 0 saturated carbocycles. The van der Waals surface area contributed by atoms with Crippen LogP contribution in [-0.4, -0.2) is 35.8 Å². The molecule has 1 atom stereocenters. The lowest BCUT2D eigenvalue weighted by Gasteiger charge is -2.23. The third kappa shape index (κ3) is 4.44. The molecule has 110 valence electrons. The third-order valence-electron chi connectivity index (χ3n) is 2.97. The molecule has 6 heteroatoms. The lowest BCUT2D eigenvalue weighted by molar-refractivity contribution is -0.132. The van der Waals surface area contributed by atoms with Crippen molar-refractivity contribution in [1.82, 2.24) is 10.2 Å². The summed E-state index contributed by atoms with van der Waals surface area (Å²) < 4.78 is 1.69. The summed E-state index contributed by atoms with van der Waals surface area (Å²) in [4.78, 5) is 26.0. The van der Waals surface area contributed by atoms with Crippen LogP contribution >= 0.6 is 38.5 Å². The van der Waals surface area contributed by atoms with Crippen LogP contribution in [0.1, 0.15) is 31.1 Å². The number of amides is 2. The highest BCUT2D eigenvalue weighted by atomic mass is 127. The van der Waals surface area contributed by atoms with Gasteiger partial charge in [0.1, 0.15) is 6.04 Å². The molecule has 0 aliphatic carbocycles. The van der Waals surface area contributed by atoms with Gasteiger partial charge < -0.3 is 10.2 Å². The summed E-state index contributed by atoms with van der Waals surface area (Å²) in [5.41, 5.74) is 0.538. The van der Waals surface area contributed by atoms with Gasteiger partial charge in [-0.3, -0.25) is 9.59 Å². The Hall–Kier alpha value is -0.630. The van der Waals surface area contributed by atoms with E-state index in [1.807, 2.05) is 26.0 Å². The Kier molecular flexibility index (Phi) is 6.94. The summed E-state index contributed by atoms with van der Waals surface area (Å²) in [5, 5.41) is 2.75. The van der Waals surface area contributed by atoms with Gasteiger partial charge in [0.25, 0.3) is 5.91 Å². The first-order valence-electron chi connectivity index (χ1n) is 6.45. The van der Waals surface area contributed by atoms with Gasteiger partial charge in [-0.15, -0.1) is 0 Å². The van der Waals surface area contributed by atoms with Gasteiger partial charge in [-0.1, -0.05) is 0 Å². The molecule has 1 N–H and O–H groups in total. The summed E-state index contributed by atoms with van der Waals surface area (Å²) in [6.45, 7) is 6.84. The average molecular weight is 453 g/mol. The third-order valence-corrected chi connectivity index (χ3v) is 4.33. The van der Waals surface area contributed by atoms with Gasteiger partial charge >= 0.3 is 0 Å². The van der Waals surface area contributed by atoms with E-state index in [4.69, 9.17) is 0 Å². The first kappa shape index (κ1) is 17.4. The minimum absolute atomic E-state index is 0.0647. The Morgan fingerprint density at radius 2 is 1.95 bits per heavy atom. The van der Waals surface area contributed by atoms with E-state index in [0.29, 0.717) is 18.7 Å². The minimum atomic E-state index is -0.535. The Morgan fingerprint density at radius 3 is 2.50 bits per heavy atom. The molecule has 4 nitrogen and oxygen atoms in total. The molecule has 1 unspecified atom stereocenters. The predicted molar refractivity (Wildman–Crippen MR) is 91.7 cm³/mol. The van der Waals surface area contributed by atoms with Crippen LogP contribution in [-0.2, 0) is 4.79 Å². The van der Waals surface area contributed by atoms with Crippen molar-refractivity contribution in [2.75, 3.05) is 13.1 Å². The number of carbonyl (C=O) groups is 2.